The highest BCUT2D eigenvalue weighted by atomic mass is 35.5. The Morgan fingerprint density at radius 1 is 1.10 bits per heavy atom. The molecule has 0 aliphatic heterocycles. The van der Waals surface area contributed by atoms with Gasteiger partial charge in [-0.3, -0.25) is 9.59 Å². The molecule has 20 heavy (non-hydrogen) atoms. The maximum Gasteiger partial charge on any atom is 0.323 e. The minimum atomic E-state index is -0.972. The van der Waals surface area contributed by atoms with E-state index >= 15 is 0 Å². The molecule has 0 atom stereocenters. The van der Waals surface area contributed by atoms with Crippen molar-refractivity contribution in [1.29, 1.82) is 0 Å². The summed E-state index contributed by atoms with van der Waals surface area (Å²) in [5.74, 6) is -0.972. The van der Waals surface area contributed by atoms with Crippen molar-refractivity contribution < 1.29 is 9.90 Å². The number of carboxylic acid groups (broad SMARTS) is 1. The van der Waals surface area contributed by atoms with Crippen molar-refractivity contribution in [2.75, 3.05) is 0 Å². The highest BCUT2D eigenvalue weighted by Gasteiger charge is 2.12. The van der Waals surface area contributed by atoms with Crippen LogP contribution in [0.3, 0.4) is 0 Å². The Kier molecular flexibility index (Phi) is 2.95. The summed E-state index contributed by atoms with van der Waals surface area (Å²) in [5, 5.41) is 10.5. The fraction of sp³-hybridized carbons (Fsp3) is 0.0667. The SMILES string of the molecule is O=C(O)Cn1c2ccccc2c(=O)c2ccc(Cl)cc21. The number of aromatic nitrogens is 1. The van der Waals surface area contributed by atoms with Crippen molar-refractivity contribution in [1.82, 2.24) is 4.57 Å². The smallest absolute Gasteiger partial charge is 0.323 e. The van der Waals surface area contributed by atoms with Crippen molar-refractivity contribution in [3.05, 3.63) is 57.7 Å². The molecule has 1 N–H and O–H groups in total. The minimum Gasteiger partial charge on any atom is -0.480 e. The maximum absolute atomic E-state index is 12.4. The Labute approximate surface area is 118 Å². The summed E-state index contributed by atoms with van der Waals surface area (Å²) in [4.78, 5) is 23.5. The molecule has 0 amide bonds. The molecule has 1 heterocycles. The van der Waals surface area contributed by atoms with Crippen molar-refractivity contribution >= 4 is 39.4 Å². The van der Waals surface area contributed by atoms with Crippen molar-refractivity contribution in [3.8, 4) is 0 Å². The molecule has 3 rings (SSSR count). The molecule has 0 saturated heterocycles. The van der Waals surface area contributed by atoms with Crippen LogP contribution in [-0.4, -0.2) is 15.6 Å². The van der Waals surface area contributed by atoms with Crippen LogP contribution in [0.25, 0.3) is 21.8 Å². The summed E-state index contributed by atoms with van der Waals surface area (Å²) in [5.41, 5.74) is 1.01. The van der Waals surface area contributed by atoms with Crippen LogP contribution in [0.15, 0.2) is 47.3 Å². The summed E-state index contributed by atoms with van der Waals surface area (Å²) >= 11 is 5.97. The second-order valence-corrected chi connectivity index (χ2v) is 4.92. The van der Waals surface area contributed by atoms with Crippen LogP contribution in [0, 0.1) is 0 Å². The Bertz CT molecular complexity index is 899. The molecule has 0 bridgehead atoms. The predicted molar refractivity (Wildman–Crippen MR) is 78.4 cm³/mol. The second-order valence-electron chi connectivity index (χ2n) is 4.49. The highest BCUT2D eigenvalue weighted by molar-refractivity contribution is 6.31. The summed E-state index contributed by atoms with van der Waals surface area (Å²) in [7, 11) is 0. The van der Waals surface area contributed by atoms with Gasteiger partial charge < -0.3 is 9.67 Å². The molecule has 0 fully saturated rings. The minimum absolute atomic E-state index is 0.117. The van der Waals surface area contributed by atoms with E-state index < -0.39 is 5.97 Å². The number of pyridine rings is 1. The van der Waals surface area contributed by atoms with Gasteiger partial charge in [-0.1, -0.05) is 23.7 Å². The number of para-hydroxylation sites is 1. The summed E-state index contributed by atoms with van der Waals surface area (Å²) < 4.78 is 1.60. The fourth-order valence-corrected chi connectivity index (χ4v) is 2.57. The van der Waals surface area contributed by atoms with Crippen molar-refractivity contribution in [3.63, 3.8) is 0 Å². The van der Waals surface area contributed by atoms with Gasteiger partial charge in [-0.05, 0) is 30.3 Å². The molecule has 5 heteroatoms. The first-order valence-electron chi connectivity index (χ1n) is 6.00. The lowest BCUT2D eigenvalue weighted by Gasteiger charge is -2.13. The van der Waals surface area contributed by atoms with Gasteiger partial charge in [0.2, 0.25) is 0 Å². The molecule has 0 aliphatic carbocycles. The normalized spacial score (nSPS) is 11.1. The highest BCUT2D eigenvalue weighted by Crippen LogP contribution is 2.22. The summed E-state index contributed by atoms with van der Waals surface area (Å²) in [6, 6.07) is 11.8. The third-order valence-electron chi connectivity index (χ3n) is 3.23. The molecular formula is C15H10ClNO3. The van der Waals surface area contributed by atoms with E-state index in [2.05, 4.69) is 0 Å². The predicted octanol–water partition coefficient (Wildman–Crippen LogP) is 2.89. The van der Waals surface area contributed by atoms with Gasteiger partial charge in [-0.15, -0.1) is 0 Å². The number of hydrogen-bond donors (Lipinski definition) is 1. The number of nitrogens with zero attached hydrogens (tertiary/aromatic N) is 1. The van der Waals surface area contributed by atoms with E-state index in [0.29, 0.717) is 26.8 Å². The Hall–Kier alpha value is -2.33. The lowest BCUT2D eigenvalue weighted by molar-refractivity contribution is -0.137. The zero-order chi connectivity index (χ0) is 14.3. The van der Waals surface area contributed by atoms with E-state index in [0.717, 1.165) is 0 Å². The number of rotatable bonds is 2. The average molecular weight is 288 g/mol. The fourth-order valence-electron chi connectivity index (χ4n) is 2.40. The van der Waals surface area contributed by atoms with Crippen molar-refractivity contribution in [2.24, 2.45) is 0 Å². The zero-order valence-corrected chi connectivity index (χ0v) is 11.1. The van der Waals surface area contributed by atoms with E-state index in [4.69, 9.17) is 16.7 Å². The average Bonchev–Trinajstić information content (AvgIpc) is 2.43. The third kappa shape index (κ3) is 1.94. The zero-order valence-electron chi connectivity index (χ0n) is 10.3. The maximum atomic E-state index is 12.4. The van der Waals surface area contributed by atoms with E-state index in [9.17, 15) is 9.59 Å². The van der Waals surface area contributed by atoms with Crippen molar-refractivity contribution in [2.45, 2.75) is 6.54 Å². The molecular weight excluding hydrogens is 278 g/mol. The van der Waals surface area contributed by atoms with Crippen LogP contribution in [0.2, 0.25) is 5.02 Å². The van der Waals surface area contributed by atoms with E-state index in [1.165, 1.54) is 0 Å². The number of halogens is 1. The third-order valence-corrected chi connectivity index (χ3v) is 3.46. The molecule has 3 aromatic rings. The Morgan fingerprint density at radius 3 is 2.55 bits per heavy atom. The number of carboxylic acids is 1. The van der Waals surface area contributed by atoms with Gasteiger partial charge in [-0.2, -0.15) is 0 Å². The van der Waals surface area contributed by atoms with Gasteiger partial charge in [0.05, 0.1) is 11.0 Å². The Balaban J connectivity index is 2.57. The first-order valence-corrected chi connectivity index (χ1v) is 6.38. The summed E-state index contributed by atoms with van der Waals surface area (Å²) in [6.45, 7) is -0.225. The van der Waals surface area contributed by atoms with Gasteiger partial charge in [0.15, 0.2) is 5.43 Å². The van der Waals surface area contributed by atoms with Crippen LogP contribution in [0.4, 0.5) is 0 Å². The van der Waals surface area contributed by atoms with E-state index in [1.807, 2.05) is 0 Å². The second kappa shape index (κ2) is 4.65. The molecule has 0 saturated carbocycles. The first-order chi connectivity index (χ1) is 9.58. The van der Waals surface area contributed by atoms with Gasteiger partial charge >= 0.3 is 5.97 Å². The standard InChI is InChI=1S/C15H10ClNO3/c16-9-5-6-11-13(7-9)17(8-14(18)19)12-4-2-1-3-10(12)15(11)20/h1-7H,8H2,(H,18,19). The lowest BCUT2D eigenvalue weighted by Crippen LogP contribution is -2.15. The lowest BCUT2D eigenvalue weighted by atomic mass is 10.1. The van der Waals surface area contributed by atoms with Gasteiger partial charge in [0.25, 0.3) is 0 Å². The first kappa shape index (κ1) is 12.7. The Morgan fingerprint density at radius 2 is 1.80 bits per heavy atom. The molecule has 2 aromatic carbocycles. The van der Waals surface area contributed by atoms with E-state index in [1.54, 1.807) is 47.0 Å². The largest absolute Gasteiger partial charge is 0.480 e. The summed E-state index contributed by atoms with van der Waals surface area (Å²) in [6.07, 6.45) is 0. The van der Waals surface area contributed by atoms with E-state index in [-0.39, 0.29) is 12.0 Å². The number of benzene rings is 2. The topological polar surface area (TPSA) is 59.3 Å². The number of carbonyl (C=O) groups is 1. The molecule has 0 spiro atoms. The number of fused-ring (bicyclic) bond motifs is 2. The number of aliphatic carboxylic acids is 1. The van der Waals surface area contributed by atoms with Gasteiger partial charge in [0.1, 0.15) is 6.54 Å². The van der Waals surface area contributed by atoms with Crippen LogP contribution < -0.4 is 5.43 Å². The van der Waals surface area contributed by atoms with Crippen LogP contribution >= 0.6 is 11.6 Å². The van der Waals surface area contributed by atoms with Crippen LogP contribution in [-0.2, 0) is 11.3 Å². The number of hydrogen-bond acceptors (Lipinski definition) is 2. The molecule has 1 aromatic heterocycles. The molecule has 4 nitrogen and oxygen atoms in total. The quantitative estimate of drug-likeness (QED) is 0.737. The van der Waals surface area contributed by atoms with Gasteiger partial charge in [0, 0.05) is 15.8 Å². The molecule has 100 valence electrons. The molecule has 0 radical (unpaired) electrons. The monoisotopic (exact) mass is 287 g/mol. The van der Waals surface area contributed by atoms with Crippen LogP contribution in [0.5, 0.6) is 0 Å². The molecule has 0 unspecified atom stereocenters. The van der Waals surface area contributed by atoms with Crippen LogP contribution in [0.1, 0.15) is 0 Å². The molecule has 0 aliphatic rings. The van der Waals surface area contributed by atoms with Gasteiger partial charge in [-0.25, -0.2) is 0 Å².